The summed E-state index contributed by atoms with van der Waals surface area (Å²) in [5, 5.41) is 0. The zero-order chi connectivity index (χ0) is 23.7. The molecular formula is C18H26O12. The van der Waals surface area contributed by atoms with Crippen LogP contribution >= 0.6 is 0 Å². The minimum Gasteiger partial charge on any atom is -0.454 e. The van der Waals surface area contributed by atoms with Gasteiger partial charge in [-0.2, -0.15) is 0 Å². The summed E-state index contributed by atoms with van der Waals surface area (Å²) in [6, 6.07) is 0. The van der Waals surface area contributed by atoms with Crippen molar-refractivity contribution in [2.75, 3.05) is 0 Å². The summed E-state index contributed by atoms with van der Waals surface area (Å²) in [6.45, 7) is 6.97. The lowest BCUT2D eigenvalue weighted by Gasteiger charge is -2.45. The van der Waals surface area contributed by atoms with E-state index in [1.165, 1.54) is 0 Å². The van der Waals surface area contributed by atoms with Crippen molar-refractivity contribution in [3.8, 4) is 0 Å². The molecule has 0 aromatic carbocycles. The highest BCUT2D eigenvalue weighted by Crippen LogP contribution is 2.41. The van der Waals surface area contributed by atoms with Crippen LogP contribution < -0.4 is 0 Å². The van der Waals surface area contributed by atoms with Crippen molar-refractivity contribution >= 4 is 35.8 Å². The Balaban J connectivity index is 7.31. The van der Waals surface area contributed by atoms with E-state index < -0.39 is 53.7 Å². The Labute approximate surface area is 173 Å². The Morgan fingerprint density at radius 2 is 0.933 bits per heavy atom. The van der Waals surface area contributed by atoms with Gasteiger partial charge in [0.2, 0.25) is 0 Å². The Bertz CT molecular complexity index is 638. The number of rotatable bonds is 10. The molecule has 0 fully saturated rings. The zero-order valence-corrected chi connectivity index (χ0v) is 17.9. The zero-order valence-electron chi connectivity index (χ0n) is 17.9. The smallest absolute Gasteiger partial charge is 0.454 e. The molecule has 0 aliphatic carbocycles. The third-order valence-electron chi connectivity index (χ3n) is 3.13. The molecule has 0 rings (SSSR count). The van der Waals surface area contributed by atoms with Gasteiger partial charge in [-0.15, -0.1) is 0 Å². The monoisotopic (exact) mass is 434 g/mol. The van der Waals surface area contributed by atoms with Crippen LogP contribution in [0.25, 0.3) is 0 Å². The summed E-state index contributed by atoms with van der Waals surface area (Å²) in [5.74, 6) is -13.0. The molecule has 0 N–H and O–H groups in total. The first kappa shape index (κ1) is 26.8. The minimum absolute atomic E-state index is 0.161. The topological polar surface area (TPSA) is 158 Å². The number of carbonyl (C=O) groups excluding carboxylic acids is 6. The fourth-order valence-corrected chi connectivity index (χ4v) is 2.53. The van der Waals surface area contributed by atoms with Gasteiger partial charge < -0.3 is 28.4 Å². The number of esters is 6. The number of hydrogen-bond acceptors (Lipinski definition) is 12. The first-order valence-corrected chi connectivity index (χ1v) is 8.86. The number of hydrogen-bond donors (Lipinski definition) is 0. The van der Waals surface area contributed by atoms with Crippen LogP contribution in [0.1, 0.15) is 61.3 Å². The van der Waals surface area contributed by atoms with Gasteiger partial charge in [0.05, 0.1) is 0 Å². The quantitative estimate of drug-likeness (QED) is 0.272. The van der Waals surface area contributed by atoms with Crippen molar-refractivity contribution < 1.29 is 57.2 Å². The van der Waals surface area contributed by atoms with E-state index in [-0.39, 0.29) is 12.8 Å². The lowest BCUT2D eigenvalue weighted by molar-refractivity contribution is -0.456. The molecule has 0 aromatic heterocycles. The molecule has 0 radical (unpaired) electrons. The van der Waals surface area contributed by atoms with E-state index in [4.69, 9.17) is 28.4 Å². The van der Waals surface area contributed by atoms with E-state index in [0.29, 0.717) is 0 Å². The van der Waals surface area contributed by atoms with Gasteiger partial charge in [-0.25, -0.2) is 0 Å². The van der Waals surface area contributed by atoms with E-state index in [0.717, 1.165) is 41.5 Å². The third kappa shape index (κ3) is 7.33. The summed E-state index contributed by atoms with van der Waals surface area (Å²) in [5.41, 5.74) is 0. The molecule has 0 aliphatic heterocycles. The average molecular weight is 434 g/mol. The molecule has 0 aliphatic rings. The molecule has 1 atom stereocenters. The van der Waals surface area contributed by atoms with Crippen LogP contribution in [-0.2, 0) is 57.2 Å². The molecule has 0 heterocycles. The van der Waals surface area contributed by atoms with Crippen LogP contribution in [0.3, 0.4) is 0 Å². The molecule has 1 unspecified atom stereocenters. The van der Waals surface area contributed by atoms with Crippen LogP contribution in [0.4, 0.5) is 0 Å². The second-order valence-corrected chi connectivity index (χ2v) is 6.08. The molecule has 0 aromatic rings. The Morgan fingerprint density at radius 3 is 1.17 bits per heavy atom. The molecule has 30 heavy (non-hydrogen) atoms. The highest BCUT2D eigenvalue weighted by Gasteiger charge is 2.73. The summed E-state index contributed by atoms with van der Waals surface area (Å²) >= 11 is 0. The lowest BCUT2D eigenvalue weighted by atomic mass is 10.0. The SMILES string of the molecule is CCCC(OC(C)=O)C(OC(C)=O)(OC(C)=O)C(OC(C)=O)(OC(C)=O)OC(C)=O. The molecule has 0 spiro atoms. The largest absolute Gasteiger partial charge is 0.511 e. The van der Waals surface area contributed by atoms with Gasteiger partial charge in [0.1, 0.15) is 0 Å². The van der Waals surface area contributed by atoms with Crippen LogP contribution in [0.2, 0.25) is 0 Å². The average Bonchev–Trinajstić information content (AvgIpc) is 2.49. The number of ether oxygens (including phenoxy) is 6. The summed E-state index contributed by atoms with van der Waals surface area (Å²) in [4.78, 5) is 71.2. The van der Waals surface area contributed by atoms with Gasteiger partial charge in [-0.1, -0.05) is 13.3 Å². The van der Waals surface area contributed by atoms with Crippen molar-refractivity contribution in [3.63, 3.8) is 0 Å². The number of carbonyl (C=O) groups is 6. The van der Waals surface area contributed by atoms with Gasteiger partial charge in [-0.05, 0) is 6.42 Å². The van der Waals surface area contributed by atoms with Gasteiger partial charge in [0, 0.05) is 41.5 Å². The highest BCUT2D eigenvalue weighted by atomic mass is 16.9. The van der Waals surface area contributed by atoms with Crippen LogP contribution in [0.15, 0.2) is 0 Å². The van der Waals surface area contributed by atoms with Gasteiger partial charge in [-0.3, -0.25) is 28.8 Å². The summed E-state index contributed by atoms with van der Waals surface area (Å²) < 4.78 is 30.3. The van der Waals surface area contributed by atoms with Crippen LogP contribution in [0.5, 0.6) is 0 Å². The van der Waals surface area contributed by atoms with Gasteiger partial charge in [0.25, 0.3) is 0 Å². The maximum absolute atomic E-state index is 12.0. The van der Waals surface area contributed by atoms with Crippen molar-refractivity contribution in [1.82, 2.24) is 0 Å². The lowest BCUT2D eigenvalue weighted by Crippen LogP contribution is -2.70. The molecule has 12 nitrogen and oxygen atoms in total. The van der Waals surface area contributed by atoms with E-state index in [1.807, 2.05) is 0 Å². The third-order valence-corrected chi connectivity index (χ3v) is 3.13. The van der Waals surface area contributed by atoms with E-state index in [1.54, 1.807) is 6.92 Å². The van der Waals surface area contributed by atoms with E-state index in [2.05, 4.69) is 0 Å². The Kier molecular flexibility index (Phi) is 9.94. The highest BCUT2D eigenvalue weighted by molar-refractivity contribution is 5.73. The fraction of sp³-hybridized carbons (Fsp3) is 0.667. The van der Waals surface area contributed by atoms with E-state index in [9.17, 15) is 28.8 Å². The van der Waals surface area contributed by atoms with Crippen molar-refractivity contribution in [2.45, 2.75) is 79.2 Å². The normalized spacial score (nSPS) is 12.1. The standard InChI is InChI=1S/C18H26O12/c1-8-9-16(25-10(2)19)17(26-11(3)20,27-12(4)21)18(28-13(5)22,29-14(6)23)30-15(7)24/h16H,8-9H2,1-7H3. The molecule has 12 heteroatoms. The van der Waals surface area contributed by atoms with Crippen LogP contribution in [0, 0.1) is 0 Å². The van der Waals surface area contributed by atoms with Crippen molar-refractivity contribution in [1.29, 1.82) is 0 Å². The first-order chi connectivity index (χ1) is 13.7. The predicted molar refractivity (Wildman–Crippen MR) is 94.8 cm³/mol. The van der Waals surface area contributed by atoms with Crippen LogP contribution in [-0.4, -0.2) is 53.7 Å². The van der Waals surface area contributed by atoms with E-state index >= 15 is 0 Å². The predicted octanol–water partition coefficient (Wildman–Crippen LogP) is 0.884. The minimum atomic E-state index is -3.26. The molecular weight excluding hydrogens is 408 g/mol. The van der Waals surface area contributed by atoms with Crippen molar-refractivity contribution in [2.24, 2.45) is 0 Å². The molecule has 0 saturated carbocycles. The molecule has 170 valence electrons. The Hall–Kier alpha value is -3.18. The van der Waals surface area contributed by atoms with Gasteiger partial charge in [0.15, 0.2) is 6.10 Å². The molecule has 0 saturated heterocycles. The molecule has 0 amide bonds. The Morgan fingerprint density at radius 1 is 0.600 bits per heavy atom. The second kappa shape index (κ2) is 11.1. The summed E-state index contributed by atoms with van der Waals surface area (Å²) in [6.07, 6.45) is -1.63. The maximum Gasteiger partial charge on any atom is 0.511 e. The fourth-order valence-electron chi connectivity index (χ4n) is 2.53. The maximum atomic E-state index is 12.0. The first-order valence-electron chi connectivity index (χ1n) is 8.86. The van der Waals surface area contributed by atoms with Gasteiger partial charge >= 0.3 is 47.6 Å². The van der Waals surface area contributed by atoms with Crippen molar-refractivity contribution in [3.05, 3.63) is 0 Å². The summed E-state index contributed by atoms with van der Waals surface area (Å²) in [7, 11) is 0. The second-order valence-electron chi connectivity index (χ2n) is 6.08. The molecule has 0 bridgehead atoms.